The quantitative estimate of drug-likeness (QED) is 0.866. The van der Waals surface area contributed by atoms with Gasteiger partial charge >= 0.3 is 0 Å². The van der Waals surface area contributed by atoms with Gasteiger partial charge < -0.3 is 4.74 Å². The molecule has 2 aromatic rings. The standard InChI is InChI=1S/C14H11N3O3S/c1-2-20-11-5-4-10(8-16-11)17-12(18)6-3-9(7-15)13(17)14(19)21/h3-6,8H,2H2,1H3,(H,19,21). The van der Waals surface area contributed by atoms with Gasteiger partial charge in [-0.1, -0.05) is 12.6 Å². The Balaban J connectivity index is 2.65. The molecule has 2 heterocycles. The lowest BCUT2D eigenvalue weighted by molar-refractivity contribution is 0.108. The smallest absolute Gasteiger partial charge is 0.255 e. The van der Waals surface area contributed by atoms with Gasteiger partial charge in [-0.15, -0.1) is 0 Å². The van der Waals surface area contributed by atoms with E-state index in [1.807, 2.05) is 13.0 Å². The van der Waals surface area contributed by atoms with Gasteiger partial charge in [0.2, 0.25) is 11.0 Å². The second kappa shape index (κ2) is 6.24. The summed E-state index contributed by atoms with van der Waals surface area (Å²) in [6, 6.07) is 7.55. The minimum Gasteiger partial charge on any atom is -0.478 e. The van der Waals surface area contributed by atoms with Crippen molar-refractivity contribution in [3.8, 4) is 17.6 Å². The first kappa shape index (κ1) is 14.8. The van der Waals surface area contributed by atoms with E-state index in [1.54, 1.807) is 12.1 Å². The van der Waals surface area contributed by atoms with Crippen molar-refractivity contribution in [2.24, 2.45) is 0 Å². The highest BCUT2D eigenvalue weighted by molar-refractivity contribution is 7.97. The minimum absolute atomic E-state index is 0.0727. The summed E-state index contributed by atoms with van der Waals surface area (Å²) >= 11 is 3.74. The summed E-state index contributed by atoms with van der Waals surface area (Å²) in [5.74, 6) is 0.407. The molecule has 0 aromatic carbocycles. The molecule has 6 nitrogen and oxygen atoms in total. The molecule has 0 aliphatic heterocycles. The first-order valence-corrected chi connectivity index (χ1v) is 6.52. The summed E-state index contributed by atoms with van der Waals surface area (Å²) in [6.45, 7) is 2.30. The van der Waals surface area contributed by atoms with Gasteiger partial charge in [0, 0.05) is 12.1 Å². The Morgan fingerprint density at radius 2 is 2.19 bits per heavy atom. The van der Waals surface area contributed by atoms with E-state index >= 15 is 0 Å². The summed E-state index contributed by atoms with van der Waals surface area (Å²) in [5.41, 5.74) is -0.0990. The van der Waals surface area contributed by atoms with E-state index in [2.05, 4.69) is 17.6 Å². The molecule has 0 atom stereocenters. The van der Waals surface area contributed by atoms with Crippen molar-refractivity contribution in [2.75, 3.05) is 6.61 Å². The molecule has 0 spiro atoms. The van der Waals surface area contributed by atoms with Crippen LogP contribution in [0.3, 0.4) is 0 Å². The highest BCUT2D eigenvalue weighted by Gasteiger charge is 2.16. The van der Waals surface area contributed by atoms with Crippen LogP contribution in [0.4, 0.5) is 0 Å². The Bertz CT molecular complexity index is 776. The average molecular weight is 301 g/mol. The second-order valence-corrected chi connectivity index (χ2v) is 4.38. The SMILES string of the molecule is CCOc1ccc(-n2c(C(=O)S)c(C#N)ccc2=O)cn1. The monoisotopic (exact) mass is 301 g/mol. The molecule has 0 saturated heterocycles. The second-order valence-electron chi connectivity index (χ2n) is 3.97. The molecule has 106 valence electrons. The molecule has 0 fully saturated rings. The zero-order valence-electron chi connectivity index (χ0n) is 11.1. The molecule has 2 rings (SSSR count). The van der Waals surface area contributed by atoms with Crippen LogP contribution in [-0.2, 0) is 0 Å². The number of ether oxygens (including phenoxy) is 1. The number of pyridine rings is 2. The molecule has 0 saturated carbocycles. The lowest BCUT2D eigenvalue weighted by atomic mass is 10.2. The number of nitriles is 1. The van der Waals surface area contributed by atoms with Crippen molar-refractivity contribution >= 4 is 17.7 Å². The molecule has 21 heavy (non-hydrogen) atoms. The van der Waals surface area contributed by atoms with Crippen molar-refractivity contribution < 1.29 is 9.53 Å². The van der Waals surface area contributed by atoms with Crippen molar-refractivity contribution in [2.45, 2.75) is 6.92 Å². The van der Waals surface area contributed by atoms with Crippen molar-refractivity contribution in [3.05, 3.63) is 52.1 Å². The molecular formula is C14H11N3O3S. The summed E-state index contributed by atoms with van der Waals surface area (Å²) < 4.78 is 6.32. The Morgan fingerprint density at radius 1 is 1.43 bits per heavy atom. The number of carbonyl (C=O) groups excluding carboxylic acids is 1. The summed E-state index contributed by atoms with van der Waals surface area (Å²) in [7, 11) is 0. The van der Waals surface area contributed by atoms with E-state index in [4.69, 9.17) is 10.00 Å². The molecule has 0 amide bonds. The maximum Gasteiger partial charge on any atom is 0.255 e. The molecule has 0 aliphatic carbocycles. The van der Waals surface area contributed by atoms with Crippen molar-refractivity contribution in [3.63, 3.8) is 0 Å². The number of aromatic nitrogens is 2. The predicted molar refractivity (Wildman–Crippen MR) is 79.0 cm³/mol. The first-order chi connectivity index (χ1) is 10.1. The normalized spacial score (nSPS) is 9.95. The molecule has 0 unspecified atom stereocenters. The molecule has 0 radical (unpaired) electrons. The third kappa shape index (κ3) is 2.95. The van der Waals surface area contributed by atoms with Crippen LogP contribution in [0.25, 0.3) is 5.69 Å². The number of hydrogen-bond acceptors (Lipinski definition) is 5. The van der Waals surface area contributed by atoms with Crippen LogP contribution in [0.5, 0.6) is 5.88 Å². The van der Waals surface area contributed by atoms with Gasteiger partial charge in [0.05, 0.1) is 24.1 Å². The van der Waals surface area contributed by atoms with Crippen LogP contribution >= 0.6 is 12.6 Å². The van der Waals surface area contributed by atoms with Crippen LogP contribution < -0.4 is 10.3 Å². The molecule has 0 N–H and O–H groups in total. The first-order valence-electron chi connectivity index (χ1n) is 6.07. The number of nitrogens with zero attached hydrogens (tertiary/aromatic N) is 3. The van der Waals surface area contributed by atoms with E-state index in [1.165, 1.54) is 18.3 Å². The zero-order chi connectivity index (χ0) is 15.4. The Morgan fingerprint density at radius 3 is 2.71 bits per heavy atom. The molecule has 2 aromatic heterocycles. The van der Waals surface area contributed by atoms with E-state index in [0.717, 1.165) is 4.57 Å². The van der Waals surface area contributed by atoms with E-state index < -0.39 is 10.7 Å². The number of thiol groups is 1. The fraction of sp³-hybridized carbons (Fsp3) is 0.143. The number of carbonyl (C=O) groups is 1. The third-order valence-corrected chi connectivity index (χ3v) is 2.90. The van der Waals surface area contributed by atoms with Gasteiger partial charge in [0.1, 0.15) is 11.8 Å². The Hall–Kier alpha value is -2.59. The maximum atomic E-state index is 12.0. The molecule has 7 heteroatoms. The Labute approximate surface area is 126 Å². The van der Waals surface area contributed by atoms with Crippen molar-refractivity contribution in [1.29, 1.82) is 5.26 Å². The lowest BCUT2D eigenvalue weighted by Crippen LogP contribution is -2.23. The largest absolute Gasteiger partial charge is 0.478 e. The van der Waals surface area contributed by atoms with E-state index in [0.29, 0.717) is 18.2 Å². The predicted octanol–water partition coefficient (Wildman–Crippen LogP) is 1.57. The van der Waals surface area contributed by atoms with Gasteiger partial charge in [-0.3, -0.25) is 14.2 Å². The zero-order valence-corrected chi connectivity index (χ0v) is 12.0. The average Bonchev–Trinajstić information content (AvgIpc) is 2.48. The fourth-order valence-electron chi connectivity index (χ4n) is 1.83. The van der Waals surface area contributed by atoms with Gasteiger partial charge in [0.25, 0.3) is 5.56 Å². The van der Waals surface area contributed by atoms with Gasteiger partial charge in [-0.2, -0.15) is 5.26 Å². The minimum atomic E-state index is -0.668. The number of hydrogen-bond donors (Lipinski definition) is 1. The van der Waals surface area contributed by atoms with Gasteiger partial charge in [0.15, 0.2) is 0 Å². The molecule has 0 aliphatic rings. The van der Waals surface area contributed by atoms with Crippen molar-refractivity contribution in [1.82, 2.24) is 9.55 Å². The van der Waals surface area contributed by atoms with E-state index in [9.17, 15) is 9.59 Å². The highest BCUT2D eigenvalue weighted by atomic mass is 32.1. The highest BCUT2D eigenvalue weighted by Crippen LogP contribution is 2.16. The summed E-state index contributed by atoms with van der Waals surface area (Å²) in [6.07, 6.45) is 1.40. The Kier molecular flexibility index (Phi) is 4.40. The van der Waals surface area contributed by atoms with Crippen LogP contribution in [0.2, 0.25) is 0 Å². The summed E-state index contributed by atoms with van der Waals surface area (Å²) in [5, 5.41) is 8.39. The number of rotatable bonds is 4. The lowest BCUT2D eigenvalue weighted by Gasteiger charge is -2.11. The molecule has 0 bridgehead atoms. The van der Waals surface area contributed by atoms with Crippen LogP contribution in [0.1, 0.15) is 23.0 Å². The van der Waals surface area contributed by atoms with E-state index in [-0.39, 0.29) is 11.3 Å². The molecular weight excluding hydrogens is 290 g/mol. The summed E-state index contributed by atoms with van der Waals surface area (Å²) in [4.78, 5) is 27.7. The topological polar surface area (TPSA) is 85.0 Å². The maximum absolute atomic E-state index is 12.0. The van der Waals surface area contributed by atoms with Gasteiger partial charge in [-0.25, -0.2) is 4.98 Å². The third-order valence-electron chi connectivity index (χ3n) is 2.69. The van der Waals surface area contributed by atoms with Crippen LogP contribution in [-0.4, -0.2) is 21.3 Å². The fourth-order valence-corrected chi connectivity index (χ4v) is 2.05. The van der Waals surface area contributed by atoms with Gasteiger partial charge in [-0.05, 0) is 19.1 Å². The van der Waals surface area contributed by atoms with Crippen LogP contribution in [0.15, 0.2) is 35.3 Å². The van der Waals surface area contributed by atoms with Crippen LogP contribution in [0, 0.1) is 11.3 Å².